The molecule has 0 unspecified atom stereocenters. The Balaban J connectivity index is 2.15. The number of aromatic nitrogens is 3. The Kier molecular flexibility index (Phi) is 4.95. The van der Waals surface area contributed by atoms with Crippen LogP contribution >= 0.6 is 11.8 Å². The first-order chi connectivity index (χ1) is 9.61. The summed E-state index contributed by atoms with van der Waals surface area (Å²) >= 11 is 1.56. The molecule has 1 heterocycles. The van der Waals surface area contributed by atoms with Gasteiger partial charge in [0.15, 0.2) is 5.16 Å². The smallest absolute Gasteiger partial charge is 0.191 e. The lowest BCUT2D eigenvalue weighted by Crippen LogP contribution is -2.05. The van der Waals surface area contributed by atoms with Crippen molar-refractivity contribution in [1.82, 2.24) is 14.8 Å². The van der Waals surface area contributed by atoms with E-state index in [2.05, 4.69) is 35.2 Å². The third-order valence-electron chi connectivity index (χ3n) is 2.83. The van der Waals surface area contributed by atoms with Gasteiger partial charge in [-0.1, -0.05) is 43.8 Å². The molecule has 0 aliphatic rings. The van der Waals surface area contributed by atoms with Crippen molar-refractivity contribution in [2.45, 2.75) is 37.2 Å². The molecule has 0 fully saturated rings. The van der Waals surface area contributed by atoms with Crippen molar-refractivity contribution in [2.75, 3.05) is 0 Å². The second-order valence-electron chi connectivity index (χ2n) is 4.81. The van der Waals surface area contributed by atoms with Crippen molar-refractivity contribution in [2.24, 2.45) is 0 Å². The van der Waals surface area contributed by atoms with Gasteiger partial charge in [-0.2, -0.15) is 0 Å². The first-order valence-electron chi connectivity index (χ1n) is 6.53. The lowest BCUT2D eigenvalue weighted by Gasteiger charge is -2.09. The lowest BCUT2D eigenvalue weighted by atomic mass is 10.2. The molecule has 1 aromatic heterocycles. The molecule has 106 valence electrons. The van der Waals surface area contributed by atoms with Gasteiger partial charge < -0.3 is 4.57 Å². The van der Waals surface area contributed by atoms with Crippen LogP contribution in [-0.2, 0) is 12.3 Å². The van der Waals surface area contributed by atoms with Gasteiger partial charge in [0.1, 0.15) is 11.6 Å². The summed E-state index contributed by atoms with van der Waals surface area (Å²) in [7, 11) is 0. The van der Waals surface area contributed by atoms with Gasteiger partial charge in [0.05, 0.1) is 0 Å². The SMILES string of the molecule is C=CCn1c(SCc2cccc(F)c2)nnc1C(C)C. The van der Waals surface area contributed by atoms with Gasteiger partial charge in [0, 0.05) is 18.2 Å². The number of hydrogen-bond donors (Lipinski definition) is 0. The fourth-order valence-electron chi connectivity index (χ4n) is 1.91. The van der Waals surface area contributed by atoms with E-state index in [1.54, 1.807) is 23.9 Å². The van der Waals surface area contributed by atoms with E-state index < -0.39 is 0 Å². The molecule has 2 rings (SSSR count). The van der Waals surface area contributed by atoms with Crippen molar-refractivity contribution < 1.29 is 4.39 Å². The highest BCUT2D eigenvalue weighted by Gasteiger charge is 2.14. The molecule has 0 N–H and O–H groups in total. The van der Waals surface area contributed by atoms with Crippen LogP contribution in [0.5, 0.6) is 0 Å². The molecule has 0 aliphatic heterocycles. The van der Waals surface area contributed by atoms with Crippen LogP contribution in [0.25, 0.3) is 0 Å². The molecule has 0 atom stereocenters. The van der Waals surface area contributed by atoms with Crippen molar-refractivity contribution in [3.63, 3.8) is 0 Å². The van der Waals surface area contributed by atoms with Gasteiger partial charge in [-0.05, 0) is 17.7 Å². The first kappa shape index (κ1) is 14.8. The zero-order valence-electron chi connectivity index (χ0n) is 11.7. The van der Waals surface area contributed by atoms with E-state index in [0.29, 0.717) is 18.2 Å². The summed E-state index contributed by atoms with van der Waals surface area (Å²) in [5.74, 6) is 1.72. The van der Waals surface area contributed by atoms with Crippen LogP contribution < -0.4 is 0 Å². The number of thioether (sulfide) groups is 1. The molecule has 0 radical (unpaired) electrons. The van der Waals surface area contributed by atoms with Crippen molar-refractivity contribution >= 4 is 11.8 Å². The Labute approximate surface area is 122 Å². The average Bonchev–Trinajstić information content (AvgIpc) is 2.80. The number of halogens is 1. The van der Waals surface area contributed by atoms with E-state index in [1.807, 2.05) is 12.1 Å². The molecule has 0 spiro atoms. The monoisotopic (exact) mass is 291 g/mol. The molecule has 0 saturated carbocycles. The van der Waals surface area contributed by atoms with Crippen LogP contribution in [0.1, 0.15) is 31.2 Å². The molecular weight excluding hydrogens is 273 g/mol. The van der Waals surface area contributed by atoms with Crippen LogP contribution in [0.4, 0.5) is 4.39 Å². The zero-order valence-corrected chi connectivity index (χ0v) is 12.5. The second-order valence-corrected chi connectivity index (χ2v) is 5.76. The Morgan fingerprint density at radius 2 is 2.20 bits per heavy atom. The van der Waals surface area contributed by atoms with Crippen LogP contribution in [0.15, 0.2) is 42.1 Å². The molecule has 0 bridgehead atoms. The molecule has 0 saturated heterocycles. The molecule has 20 heavy (non-hydrogen) atoms. The third kappa shape index (κ3) is 3.48. The highest BCUT2D eigenvalue weighted by molar-refractivity contribution is 7.98. The number of hydrogen-bond acceptors (Lipinski definition) is 3. The maximum absolute atomic E-state index is 13.1. The first-order valence-corrected chi connectivity index (χ1v) is 7.51. The number of nitrogens with zero attached hydrogens (tertiary/aromatic N) is 3. The van der Waals surface area contributed by atoms with Crippen molar-refractivity contribution in [3.05, 3.63) is 54.1 Å². The third-order valence-corrected chi connectivity index (χ3v) is 3.87. The van der Waals surface area contributed by atoms with E-state index in [-0.39, 0.29) is 5.82 Å². The molecule has 0 aliphatic carbocycles. The van der Waals surface area contributed by atoms with Crippen LogP contribution in [0.2, 0.25) is 0 Å². The predicted octanol–water partition coefficient (Wildman–Crippen LogP) is 4.02. The molecule has 1 aromatic carbocycles. The summed E-state index contributed by atoms with van der Waals surface area (Å²) in [4.78, 5) is 0. The maximum Gasteiger partial charge on any atom is 0.191 e. The molecule has 2 aromatic rings. The molecule has 3 nitrogen and oxygen atoms in total. The highest BCUT2D eigenvalue weighted by Crippen LogP contribution is 2.24. The van der Waals surface area contributed by atoms with Gasteiger partial charge in [0.25, 0.3) is 0 Å². The maximum atomic E-state index is 13.1. The Bertz CT molecular complexity index is 593. The summed E-state index contributed by atoms with van der Waals surface area (Å²) in [6.07, 6.45) is 1.83. The fourth-order valence-corrected chi connectivity index (χ4v) is 2.81. The molecule has 5 heteroatoms. The average molecular weight is 291 g/mol. The predicted molar refractivity (Wildman–Crippen MR) is 80.3 cm³/mol. The van der Waals surface area contributed by atoms with E-state index in [1.165, 1.54) is 6.07 Å². The van der Waals surface area contributed by atoms with E-state index in [0.717, 1.165) is 16.5 Å². The number of benzene rings is 1. The zero-order chi connectivity index (χ0) is 14.5. The summed E-state index contributed by atoms with van der Waals surface area (Å²) in [5.41, 5.74) is 0.939. The minimum Gasteiger partial charge on any atom is -0.302 e. The van der Waals surface area contributed by atoms with Crippen LogP contribution in [0.3, 0.4) is 0 Å². The Morgan fingerprint density at radius 3 is 2.85 bits per heavy atom. The Morgan fingerprint density at radius 1 is 1.40 bits per heavy atom. The molecular formula is C15H18FN3S. The minimum absolute atomic E-state index is 0.210. The highest BCUT2D eigenvalue weighted by atomic mass is 32.2. The standard InChI is InChI=1S/C15H18FN3S/c1-4-8-19-14(11(2)3)17-18-15(19)20-10-12-6-5-7-13(16)9-12/h4-7,9,11H,1,8,10H2,2-3H3. The van der Waals surface area contributed by atoms with Crippen LogP contribution in [-0.4, -0.2) is 14.8 Å². The largest absolute Gasteiger partial charge is 0.302 e. The second kappa shape index (κ2) is 6.70. The van der Waals surface area contributed by atoms with Gasteiger partial charge in [-0.3, -0.25) is 0 Å². The minimum atomic E-state index is -0.210. The lowest BCUT2D eigenvalue weighted by molar-refractivity contribution is 0.626. The summed E-state index contributed by atoms with van der Waals surface area (Å²) in [6, 6.07) is 6.63. The summed E-state index contributed by atoms with van der Waals surface area (Å²) in [6.45, 7) is 8.63. The van der Waals surface area contributed by atoms with E-state index in [4.69, 9.17) is 0 Å². The quantitative estimate of drug-likeness (QED) is 0.595. The Hall–Kier alpha value is -1.62. The van der Waals surface area contributed by atoms with Crippen molar-refractivity contribution in [3.8, 4) is 0 Å². The summed E-state index contributed by atoms with van der Waals surface area (Å²) in [5, 5.41) is 9.31. The van der Waals surface area contributed by atoms with Crippen LogP contribution in [0, 0.1) is 5.82 Å². The summed E-state index contributed by atoms with van der Waals surface area (Å²) < 4.78 is 15.2. The van der Waals surface area contributed by atoms with Gasteiger partial charge in [-0.15, -0.1) is 16.8 Å². The molecule has 0 amide bonds. The van der Waals surface area contributed by atoms with E-state index in [9.17, 15) is 4.39 Å². The fraction of sp³-hybridized carbons (Fsp3) is 0.333. The topological polar surface area (TPSA) is 30.7 Å². The normalized spacial score (nSPS) is 11.0. The van der Waals surface area contributed by atoms with E-state index >= 15 is 0 Å². The number of allylic oxidation sites excluding steroid dienone is 1. The van der Waals surface area contributed by atoms with Crippen molar-refractivity contribution in [1.29, 1.82) is 0 Å². The van der Waals surface area contributed by atoms with Gasteiger partial charge >= 0.3 is 0 Å². The van der Waals surface area contributed by atoms with Gasteiger partial charge in [0.2, 0.25) is 0 Å². The number of rotatable bonds is 6. The van der Waals surface area contributed by atoms with Gasteiger partial charge in [-0.25, -0.2) is 4.39 Å².